The van der Waals surface area contributed by atoms with Crippen LogP contribution in [-0.2, 0) is 16.1 Å². The molecule has 0 fully saturated rings. The van der Waals surface area contributed by atoms with E-state index in [0.29, 0.717) is 11.7 Å². The van der Waals surface area contributed by atoms with Crippen LogP contribution in [0.15, 0.2) is 24.7 Å². The molecule has 21 heavy (non-hydrogen) atoms. The standard InChI is InChI=1S/C12H15N5O3S/c13-9(2-3-10(18)19)11(20)14-6-8-7-15-12(21-8)17-5-1-4-16-17/h1,4-5,7,9H,2-3,6,13H2,(H,14,20)(H,18,19)/t9-/m0/s1. The van der Waals surface area contributed by atoms with Crippen molar-refractivity contribution in [2.75, 3.05) is 0 Å². The summed E-state index contributed by atoms with van der Waals surface area (Å²) in [5, 5.41) is 16.0. The Balaban J connectivity index is 1.83. The Bertz CT molecular complexity index is 610. The van der Waals surface area contributed by atoms with Gasteiger partial charge in [0.05, 0.1) is 12.6 Å². The highest BCUT2D eigenvalue weighted by molar-refractivity contribution is 7.14. The van der Waals surface area contributed by atoms with Gasteiger partial charge in [0.15, 0.2) is 0 Å². The number of carbonyl (C=O) groups is 2. The van der Waals surface area contributed by atoms with E-state index in [0.717, 1.165) is 4.88 Å². The van der Waals surface area contributed by atoms with Gasteiger partial charge in [-0.25, -0.2) is 9.67 Å². The fourth-order valence-corrected chi connectivity index (χ4v) is 2.37. The van der Waals surface area contributed by atoms with Gasteiger partial charge in [0.1, 0.15) is 0 Å². The van der Waals surface area contributed by atoms with Crippen molar-refractivity contribution in [2.24, 2.45) is 5.73 Å². The Morgan fingerprint density at radius 1 is 1.52 bits per heavy atom. The van der Waals surface area contributed by atoms with E-state index in [1.54, 1.807) is 29.3 Å². The van der Waals surface area contributed by atoms with Crippen LogP contribution in [0.2, 0.25) is 0 Å². The number of amides is 1. The molecule has 0 unspecified atom stereocenters. The van der Waals surface area contributed by atoms with Crippen LogP contribution >= 0.6 is 11.3 Å². The first-order valence-electron chi connectivity index (χ1n) is 6.26. The molecule has 2 aromatic heterocycles. The average Bonchev–Trinajstić information content (AvgIpc) is 3.12. The second kappa shape index (κ2) is 6.95. The van der Waals surface area contributed by atoms with Gasteiger partial charge in [0.25, 0.3) is 0 Å². The first-order chi connectivity index (χ1) is 10.1. The summed E-state index contributed by atoms with van der Waals surface area (Å²) in [7, 11) is 0. The smallest absolute Gasteiger partial charge is 0.303 e. The predicted octanol–water partition coefficient (Wildman–Crippen LogP) is 0.137. The van der Waals surface area contributed by atoms with E-state index in [-0.39, 0.29) is 18.7 Å². The van der Waals surface area contributed by atoms with E-state index in [9.17, 15) is 9.59 Å². The van der Waals surface area contributed by atoms with Crippen LogP contribution in [-0.4, -0.2) is 37.8 Å². The highest BCUT2D eigenvalue weighted by Crippen LogP contribution is 2.16. The number of carboxylic acid groups (broad SMARTS) is 1. The second-order valence-electron chi connectivity index (χ2n) is 4.32. The molecule has 1 amide bonds. The highest BCUT2D eigenvalue weighted by atomic mass is 32.1. The van der Waals surface area contributed by atoms with Crippen LogP contribution < -0.4 is 11.1 Å². The minimum atomic E-state index is -0.968. The largest absolute Gasteiger partial charge is 0.481 e. The summed E-state index contributed by atoms with van der Waals surface area (Å²) in [4.78, 5) is 27.2. The van der Waals surface area contributed by atoms with Crippen LogP contribution in [0, 0.1) is 0 Å². The fraction of sp³-hybridized carbons (Fsp3) is 0.333. The fourth-order valence-electron chi connectivity index (χ4n) is 1.58. The maximum atomic E-state index is 11.7. The summed E-state index contributed by atoms with van der Waals surface area (Å²) < 4.78 is 1.63. The number of nitrogens with zero attached hydrogens (tertiary/aromatic N) is 3. The first kappa shape index (κ1) is 15.1. The van der Waals surface area contributed by atoms with E-state index in [1.807, 2.05) is 0 Å². The average molecular weight is 309 g/mol. The first-order valence-corrected chi connectivity index (χ1v) is 7.07. The lowest BCUT2D eigenvalue weighted by Crippen LogP contribution is -2.40. The van der Waals surface area contributed by atoms with E-state index < -0.39 is 12.0 Å². The molecule has 0 saturated heterocycles. The number of rotatable bonds is 7. The lowest BCUT2D eigenvalue weighted by Gasteiger charge is -2.10. The van der Waals surface area contributed by atoms with Crippen molar-refractivity contribution in [2.45, 2.75) is 25.4 Å². The van der Waals surface area contributed by atoms with Crippen molar-refractivity contribution in [3.63, 3.8) is 0 Å². The monoisotopic (exact) mass is 309 g/mol. The summed E-state index contributed by atoms with van der Waals surface area (Å²) in [6.45, 7) is 0.304. The SMILES string of the molecule is N[C@@H](CCC(=O)O)C(=O)NCc1cnc(-n2cccn2)s1. The topological polar surface area (TPSA) is 123 Å². The van der Waals surface area contributed by atoms with Crippen LogP contribution in [0.3, 0.4) is 0 Å². The maximum Gasteiger partial charge on any atom is 0.303 e. The van der Waals surface area contributed by atoms with Gasteiger partial charge in [-0.1, -0.05) is 11.3 Å². The number of thiazole rings is 1. The molecule has 0 aliphatic rings. The zero-order valence-corrected chi connectivity index (χ0v) is 11.9. The molecule has 0 aromatic carbocycles. The Morgan fingerprint density at radius 2 is 2.33 bits per heavy atom. The van der Waals surface area contributed by atoms with Crippen molar-refractivity contribution in [3.05, 3.63) is 29.5 Å². The molecule has 112 valence electrons. The van der Waals surface area contributed by atoms with Crippen LogP contribution in [0.25, 0.3) is 5.13 Å². The number of hydrogen-bond acceptors (Lipinski definition) is 6. The summed E-state index contributed by atoms with van der Waals surface area (Å²) in [6, 6.07) is 0.976. The second-order valence-corrected chi connectivity index (χ2v) is 5.41. The number of carboxylic acids is 1. The Kier molecular flexibility index (Phi) is 5.01. The molecule has 8 nitrogen and oxygen atoms in total. The molecular weight excluding hydrogens is 294 g/mol. The molecule has 9 heteroatoms. The predicted molar refractivity (Wildman–Crippen MR) is 75.9 cm³/mol. The normalized spacial score (nSPS) is 12.0. The third-order valence-electron chi connectivity index (χ3n) is 2.68. The Morgan fingerprint density at radius 3 is 3.00 bits per heavy atom. The summed E-state index contributed by atoms with van der Waals surface area (Å²) >= 11 is 1.40. The van der Waals surface area contributed by atoms with E-state index in [2.05, 4.69) is 15.4 Å². The molecule has 2 heterocycles. The molecule has 0 aliphatic heterocycles. The Labute approximate surface area is 124 Å². The van der Waals surface area contributed by atoms with Crippen molar-refractivity contribution in [1.29, 1.82) is 0 Å². The molecular formula is C12H15N5O3S. The van der Waals surface area contributed by atoms with Crippen molar-refractivity contribution in [3.8, 4) is 5.13 Å². The molecule has 1 atom stereocenters. The molecule has 0 saturated carbocycles. The minimum absolute atomic E-state index is 0.113. The third kappa shape index (κ3) is 4.36. The van der Waals surface area contributed by atoms with E-state index >= 15 is 0 Å². The van der Waals surface area contributed by atoms with Crippen molar-refractivity contribution < 1.29 is 14.7 Å². The number of hydrogen-bond donors (Lipinski definition) is 3. The molecule has 0 spiro atoms. The summed E-state index contributed by atoms with van der Waals surface area (Å²) in [6.07, 6.45) is 5.08. The quantitative estimate of drug-likeness (QED) is 0.668. The van der Waals surface area contributed by atoms with Gasteiger partial charge < -0.3 is 16.2 Å². The number of carbonyl (C=O) groups excluding carboxylic acids is 1. The van der Waals surface area contributed by atoms with Gasteiger partial charge in [-0.2, -0.15) is 5.10 Å². The molecule has 0 aliphatic carbocycles. The highest BCUT2D eigenvalue weighted by Gasteiger charge is 2.15. The maximum absolute atomic E-state index is 11.7. The zero-order chi connectivity index (χ0) is 15.2. The number of aromatic nitrogens is 3. The van der Waals surface area contributed by atoms with Gasteiger partial charge in [0, 0.05) is 29.9 Å². The van der Waals surface area contributed by atoms with Gasteiger partial charge in [-0.3, -0.25) is 9.59 Å². The van der Waals surface area contributed by atoms with Gasteiger partial charge >= 0.3 is 5.97 Å². The lowest BCUT2D eigenvalue weighted by atomic mass is 10.1. The Hall–Kier alpha value is -2.26. The minimum Gasteiger partial charge on any atom is -0.481 e. The van der Waals surface area contributed by atoms with Crippen molar-refractivity contribution in [1.82, 2.24) is 20.1 Å². The molecule has 4 N–H and O–H groups in total. The third-order valence-corrected chi connectivity index (χ3v) is 3.67. The summed E-state index contributed by atoms with van der Waals surface area (Å²) in [5.74, 6) is -1.34. The van der Waals surface area contributed by atoms with Crippen LogP contribution in [0.1, 0.15) is 17.7 Å². The molecule has 2 rings (SSSR count). The lowest BCUT2D eigenvalue weighted by molar-refractivity contribution is -0.137. The number of nitrogens with two attached hydrogens (primary N) is 1. The van der Waals surface area contributed by atoms with Gasteiger partial charge in [0.2, 0.25) is 11.0 Å². The van der Waals surface area contributed by atoms with Crippen molar-refractivity contribution >= 4 is 23.2 Å². The van der Waals surface area contributed by atoms with E-state index in [1.165, 1.54) is 11.3 Å². The summed E-state index contributed by atoms with van der Waals surface area (Å²) in [5.41, 5.74) is 5.61. The van der Waals surface area contributed by atoms with Gasteiger partial charge in [-0.05, 0) is 12.5 Å². The molecule has 2 aromatic rings. The van der Waals surface area contributed by atoms with E-state index in [4.69, 9.17) is 10.8 Å². The molecule has 0 bridgehead atoms. The number of nitrogens with one attached hydrogen (secondary N) is 1. The number of aliphatic carboxylic acids is 1. The zero-order valence-electron chi connectivity index (χ0n) is 11.1. The van der Waals surface area contributed by atoms with Crippen LogP contribution in [0.5, 0.6) is 0 Å². The molecule has 0 radical (unpaired) electrons. The van der Waals surface area contributed by atoms with Gasteiger partial charge in [-0.15, -0.1) is 0 Å². The van der Waals surface area contributed by atoms with Crippen LogP contribution in [0.4, 0.5) is 0 Å².